The number of carbonyl (C=O) groups excluding carboxylic acids is 1. The van der Waals surface area contributed by atoms with Gasteiger partial charge in [-0.2, -0.15) is 0 Å². The standard InChI is InChI=1S/C18H18F2N2O3S/c1-12-5-6-15(11-17(12)22-7-3-2-4-18(22)23)21-26(24,25)16-9-13(19)8-14(20)10-16/h5-6,8-11,21H,2-4,7H2,1H3. The van der Waals surface area contributed by atoms with Gasteiger partial charge < -0.3 is 4.90 Å². The van der Waals surface area contributed by atoms with Crippen LogP contribution in [-0.4, -0.2) is 20.9 Å². The second-order valence-corrected chi connectivity index (χ2v) is 7.90. The lowest BCUT2D eigenvalue weighted by Gasteiger charge is -2.28. The van der Waals surface area contributed by atoms with Crippen LogP contribution in [0.2, 0.25) is 0 Å². The van der Waals surface area contributed by atoms with Crippen LogP contribution in [0.4, 0.5) is 20.2 Å². The van der Waals surface area contributed by atoms with Crippen molar-refractivity contribution >= 4 is 27.3 Å². The lowest BCUT2D eigenvalue weighted by atomic mass is 10.1. The van der Waals surface area contributed by atoms with Gasteiger partial charge >= 0.3 is 0 Å². The molecular formula is C18H18F2N2O3S. The number of hydrogen-bond acceptors (Lipinski definition) is 3. The molecule has 3 rings (SSSR count). The molecule has 2 aromatic carbocycles. The van der Waals surface area contributed by atoms with Crippen molar-refractivity contribution in [2.75, 3.05) is 16.2 Å². The van der Waals surface area contributed by atoms with Crippen molar-refractivity contribution in [3.05, 3.63) is 53.6 Å². The number of sulfonamides is 1. The van der Waals surface area contributed by atoms with Crippen LogP contribution >= 0.6 is 0 Å². The molecule has 1 saturated heterocycles. The van der Waals surface area contributed by atoms with Crippen LogP contribution < -0.4 is 9.62 Å². The summed E-state index contributed by atoms with van der Waals surface area (Å²) in [4.78, 5) is 13.3. The summed E-state index contributed by atoms with van der Waals surface area (Å²) in [5.74, 6) is -1.96. The van der Waals surface area contributed by atoms with Gasteiger partial charge in [0.05, 0.1) is 10.6 Å². The topological polar surface area (TPSA) is 66.5 Å². The number of anilines is 2. The van der Waals surface area contributed by atoms with E-state index in [-0.39, 0.29) is 11.6 Å². The first-order chi connectivity index (χ1) is 12.3. The highest BCUT2D eigenvalue weighted by Crippen LogP contribution is 2.29. The largest absolute Gasteiger partial charge is 0.312 e. The highest BCUT2D eigenvalue weighted by atomic mass is 32.2. The molecule has 1 aliphatic rings. The Morgan fingerprint density at radius 1 is 1.04 bits per heavy atom. The van der Waals surface area contributed by atoms with Gasteiger partial charge in [-0.05, 0) is 49.6 Å². The van der Waals surface area contributed by atoms with E-state index in [0.29, 0.717) is 24.7 Å². The molecule has 0 unspecified atom stereocenters. The molecule has 1 heterocycles. The quantitative estimate of drug-likeness (QED) is 0.882. The summed E-state index contributed by atoms with van der Waals surface area (Å²) in [5.41, 5.74) is 1.67. The van der Waals surface area contributed by atoms with Crippen LogP contribution in [0.5, 0.6) is 0 Å². The van der Waals surface area contributed by atoms with Crippen molar-refractivity contribution < 1.29 is 22.0 Å². The van der Waals surface area contributed by atoms with Crippen LogP contribution in [0, 0.1) is 18.6 Å². The van der Waals surface area contributed by atoms with E-state index in [1.807, 2.05) is 6.92 Å². The van der Waals surface area contributed by atoms with E-state index in [0.717, 1.165) is 30.5 Å². The minimum absolute atomic E-state index is 0.00782. The Bertz CT molecular complexity index is 941. The Kier molecular flexibility index (Phi) is 4.95. The highest BCUT2D eigenvalue weighted by molar-refractivity contribution is 7.92. The molecule has 0 aromatic heterocycles. The molecule has 26 heavy (non-hydrogen) atoms. The van der Waals surface area contributed by atoms with Gasteiger partial charge in [0.15, 0.2) is 0 Å². The van der Waals surface area contributed by atoms with Crippen molar-refractivity contribution in [2.24, 2.45) is 0 Å². The van der Waals surface area contributed by atoms with Gasteiger partial charge in [0.25, 0.3) is 10.0 Å². The maximum absolute atomic E-state index is 13.3. The van der Waals surface area contributed by atoms with Crippen LogP contribution in [-0.2, 0) is 14.8 Å². The Morgan fingerprint density at radius 2 is 1.73 bits per heavy atom. The molecule has 0 spiro atoms. The van der Waals surface area contributed by atoms with E-state index in [1.165, 1.54) is 0 Å². The molecule has 0 aliphatic carbocycles. The number of rotatable bonds is 4. The Balaban J connectivity index is 1.92. The van der Waals surface area contributed by atoms with Crippen molar-refractivity contribution in [1.29, 1.82) is 0 Å². The molecule has 5 nitrogen and oxygen atoms in total. The molecular weight excluding hydrogens is 362 g/mol. The molecule has 1 fully saturated rings. The number of amides is 1. The summed E-state index contributed by atoms with van der Waals surface area (Å²) in [6.45, 7) is 2.41. The predicted octanol–water partition coefficient (Wildman–Crippen LogP) is 3.59. The van der Waals surface area contributed by atoms with Gasteiger partial charge in [-0.1, -0.05) is 6.07 Å². The molecule has 138 valence electrons. The normalized spacial score (nSPS) is 15.2. The fraction of sp³-hybridized carbons (Fsp3) is 0.278. The molecule has 1 amide bonds. The summed E-state index contributed by atoms with van der Waals surface area (Å²) < 4.78 is 53.8. The molecule has 0 saturated carbocycles. The highest BCUT2D eigenvalue weighted by Gasteiger charge is 2.22. The zero-order chi connectivity index (χ0) is 18.9. The van der Waals surface area contributed by atoms with Gasteiger partial charge in [0.1, 0.15) is 11.6 Å². The second-order valence-electron chi connectivity index (χ2n) is 6.21. The minimum Gasteiger partial charge on any atom is -0.312 e. The van der Waals surface area contributed by atoms with E-state index >= 15 is 0 Å². The first-order valence-corrected chi connectivity index (χ1v) is 9.64. The molecule has 8 heteroatoms. The maximum atomic E-state index is 13.3. The molecule has 1 aliphatic heterocycles. The number of carbonyl (C=O) groups is 1. The van der Waals surface area contributed by atoms with Crippen molar-refractivity contribution in [2.45, 2.75) is 31.1 Å². The Hall–Kier alpha value is -2.48. The van der Waals surface area contributed by atoms with Crippen LogP contribution in [0.15, 0.2) is 41.3 Å². The second kappa shape index (κ2) is 7.03. The number of piperidine rings is 1. The summed E-state index contributed by atoms with van der Waals surface area (Å²) in [7, 11) is -4.17. The van der Waals surface area contributed by atoms with Crippen molar-refractivity contribution in [3.8, 4) is 0 Å². The third kappa shape index (κ3) is 3.85. The number of hydrogen-bond donors (Lipinski definition) is 1. The van der Waals surface area contributed by atoms with Gasteiger partial charge in [0, 0.05) is 24.7 Å². The smallest absolute Gasteiger partial charge is 0.262 e. The van der Waals surface area contributed by atoms with E-state index in [2.05, 4.69) is 4.72 Å². The third-order valence-electron chi connectivity index (χ3n) is 4.22. The van der Waals surface area contributed by atoms with Gasteiger partial charge in [-0.15, -0.1) is 0 Å². The number of nitrogens with one attached hydrogen (secondary N) is 1. The molecule has 0 radical (unpaired) electrons. The fourth-order valence-electron chi connectivity index (χ4n) is 2.92. The van der Waals surface area contributed by atoms with E-state index in [1.54, 1.807) is 23.1 Å². The van der Waals surface area contributed by atoms with E-state index in [9.17, 15) is 22.0 Å². The first-order valence-electron chi connectivity index (χ1n) is 8.16. The fourth-order valence-corrected chi connectivity index (χ4v) is 4.01. The number of nitrogens with zero attached hydrogens (tertiary/aromatic N) is 1. The number of halogens is 2. The summed E-state index contributed by atoms with van der Waals surface area (Å²) in [5, 5.41) is 0. The molecule has 0 atom stereocenters. The Morgan fingerprint density at radius 3 is 2.38 bits per heavy atom. The van der Waals surface area contributed by atoms with Gasteiger partial charge in [-0.25, -0.2) is 17.2 Å². The van der Waals surface area contributed by atoms with E-state index in [4.69, 9.17) is 0 Å². The van der Waals surface area contributed by atoms with Crippen molar-refractivity contribution in [1.82, 2.24) is 0 Å². The summed E-state index contributed by atoms with van der Waals surface area (Å²) >= 11 is 0. The van der Waals surface area contributed by atoms with Crippen LogP contribution in [0.1, 0.15) is 24.8 Å². The summed E-state index contributed by atoms with van der Waals surface area (Å²) in [6, 6.07) is 6.89. The predicted molar refractivity (Wildman–Crippen MR) is 94.5 cm³/mol. The lowest BCUT2D eigenvalue weighted by Crippen LogP contribution is -2.35. The average Bonchev–Trinajstić information content (AvgIpc) is 2.56. The van der Waals surface area contributed by atoms with Crippen LogP contribution in [0.3, 0.4) is 0 Å². The van der Waals surface area contributed by atoms with E-state index < -0.39 is 26.6 Å². The molecule has 0 bridgehead atoms. The van der Waals surface area contributed by atoms with Crippen molar-refractivity contribution in [3.63, 3.8) is 0 Å². The van der Waals surface area contributed by atoms with Crippen LogP contribution in [0.25, 0.3) is 0 Å². The maximum Gasteiger partial charge on any atom is 0.262 e. The minimum atomic E-state index is -4.17. The molecule has 2 aromatic rings. The average molecular weight is 380 g/mol. The first kappa shape index (κ1) is 18.3. The third-order valence-corrected chi connectivity index (χ3v) is 5.58. The lowest BCUT2D eigenvalue weighted by molar-refractivity contribution is -0.119. The zero-order valence-electron chi connectivity index (χ0n) is 14.1. The number of benzene rings is 2. The van der Waals surface area contributed by atoms with Gasteiger partial charge in [0.2, 0.25) is 5.91 Å². The summed E-state index contributed by atoms with van der Waals surface area (Å²) in [6.07, 6.45) is 2.17. The monoisotopic (exact) mass is 380 g/mol. The molecule has 1 N–H and O–H groups in total. The number of aryl methyl sites for hydroxylation is 1. The van der Waals surface area contributed by atoms with Gasteiger partial charge in [-0.3, -0.25) is 9.52 Å². The Labute approximate surface area is 150 Å². The zero-order valence-corrected chi connectivity index (χ0v) is 14.9. The SMILES string of the molecule is Cc1ccc(NS(=O)(=O)c2cc(F)cc(F)c2)cc1N1CCCCC1=O.